The highest BCUT2D eigenvalue weighted by molar-refractivity contribution is 7.96. The van der Waals surface area contributed by atoms with Crippen molar-refractivity contribution in [2.75, 3.05) is 11.0 Å². The predicted molar refractivity (Wildman–Crippen MR) is 155 cm³/mol. The van der Waals surface area contributed by atoms with Gasteiger partial charge < -0.3 is 4.74 Å². The number of pyridine rings is 2. The van der Waals surface area contributed by atoms with E-state index in [1.165, 1.54) is 36.5 Å². The molecule has 0 atom stereocenters. The van der Waals surface area contributed by atoms with Crippen LogP contribution in [0, 0.1) is 11.3 Å². The van der Waals surface area contributed by atoms with Crippen LogP contribution in [0.3, 0.4) is 0 Å². The number of nitrogens with one attached hydrogen (secondary N) is 2. The monoisotopic (exact) mass is 587 g/mol. The molecule has 2 N–H and O–H groups in total. The summed E-state index contributed by atoms with van der Waals surface area (Å²) in [5.74, 6) is 0.583. The first-order chi connectivity index (χ1) is 19.5. The van der Waals surface area contributed by atoms with E-state index in [1.54, 1.807) is 12.4 Å². The van der Waals surface area contributed by atoms with Gasteiger partial charge in [0.05, 0.1) is 28.0 Å². The van der Waals surface area contributed by atoms with Crippen molar-refractivity contribution in [3.63, 3.8) is 0 Å². The predicted octanol–water partition coefficient (Wildman–Crippen LogP) is 5.49. The third kappa shape index (κ3) is 6.27. The van der Waals surface area contributed by atoms with Crippen LogP contribution in [0.15, 0.2) is 90.3 Å². The summed E-state index contributed by atoms with van der Waals surface area (Å²) in [6, 6.07) is 21.6. The highest BCUT2D eigenvalue weighted by Gasteiger charge is 2.20. The number of hydrogen-bond acceptors (Lipinski definition) is 11. The van der Waals surface area contributed by atoms with Crippen LogP contribution in [0.25, 0.3) is 22.4 Å². The van der Waals surface area contributed by atoms with Gasteiger partial charge in [-0.15, -0.1) is 0 Å². The Morgan fingerprint density at radius 1 is 1.00 bits per heavy atom. The average molecular weight is 588 g/mol. The SMILES string of the molecule is CSNCc1cc(-c2cc(-c3ccccc3)ncc2Oc2ccc(S(=O)(=O)Nc3ncns3)cc2C#N)ccn1. The minimum absolute atomic E-state index is 0.0396. The van der Waals surface area contributed by atoms with Crippen LogP contribution in [-0.2, 0) is 16.6 Å². The third-order valence-electron chi connectivity index (χ3n) is 5.65. The van der Waals surface area contributed by atoms with Crippen molar-refractivity contribution < 1.29 is 13.2 Å². The lowest BCUT2D eigenvalue weighted by molar-refractivity contribution is 0.480. The molecule has 40 heavy (non-hydrogen) atoms. The van der Waals surface area contributed by atoms with Crippen LogP contribution >= 0.6 is 23.5 Å². The summed E-state index contributed by atoms with van der Waals surface area (Å²) in [4.78, 5) is 12.8. The molecule has 0 spiro atoms. The van der Waals surface area contributed by atoms with E-state index in [0.29, 0.717) is 12.3 Å². The van der Waals surface area contributed by atoms with Gasteiger partial charge in [-0.05, 0) is 48.2 Å². The van der Waals surface area contributed by atoms with Gasteiger partial charge in [-0.1, -0.05) is 42.3 Å². The number of ether oxygens (including phenoxy) is 1. The second-order valence-electron chi connectivity index (χ2n) is 8.22. The van der Waals surface area contributed by atoms with Gasteiger partial charge in [0.15, 0.2) is 5.75 Å². The fourth-order valence-corrected chi connectivity index (χ4v) is 5.75. The Labute approximate surface area is 239 Å². The van der Waals surface area contributed by atoms with E-state index in [4.69, 9.17) is 4.74 Å². The molecule has 0 aliphatic heterocycles. The van der Waals surface area contributed by atoms with Gasteiger partial charge in [-0.3, -0.25) is 19.4 Å². The van der Waals surface area contributed by atoms with Crippen molar-refractivity contribution in [2.45, 2.75) is 11.4 Å². The van der Waals surface area contributed by atoms with Gasteiger partial charge >= 0.3 is 0 Å². The third-order valence-corrected chi connectivity index (χ3v) is 8.13. The van der Waals surface area contributed by atoms with E-state index in [1.807, 2.05) is 60.9 Å². The topological polar surface area (TPSA) is 143 Å². The number of benzene rings is 2. The molecule has 13 heteroatoms. The molecule has 0 unspecified atom stereocenters. The molecule has 0 saturated carbocycles. The maximum atomic E-state index is 12.8. The van der Waals surface area contributed by atoms with E-state index >= 15 is 0 Å². The Hall–Kier alpha value is -4.35. The molecule has 3 aromatic heterocycles. The average Bonchev–Trinajstić information content (AvgIpc) is 3.49. The number of sulfonamides is 1. The van der Waals surface area contributed by atoms with Crippen LogP contribution in [0.5, 0.6) is 11.5 Å². The van der Waals surface area contributed by atoms with Crippen LogP contribution in [0.2, 0.25) is 0 Å². The highest BCUT2D eigenvalue weighted by Crippen LogP contribution is 2.37. The zero-order valence-electron chi connectivity index (χ0n) is 21.0. The van der Waals surface area contributed by atoms with Gasteiger partial charge in [0.25, 0.3) is 10.0 Å². The van der Waals surface area contributed by atoms with E-state index < -0.39 is 10.0 Å². The lowest BCUT2D eigenvalue weighted by atomic mass is 10.0. The molecule has 10 nitrogen and oxygen atoms in total. The first kappa shape index (κ1) is 27.2. The van der Waals surface area contributed by atoms with Crippen molar-refractivity contribution in [3.8, 4) is 40.0 Å². The molecule has 5 rings (SSSR count). The van der Waals surface area contributed by atoms with Crippen LogP contribution in [0.1, 0.15) is 11.3 Å². The molecule has 5 aromatic rings. The van der Waals surface area contributed by atoms with Crippen molar-refractivity contribution in [1.29, 1.82) is 5.26 Å². The minimum Gasteiger partial charge on any atom is -0.454 e. The number of anilines is 1. The summed E-state index contributed by atoms with van der Waals surface area (Å²) in [6.07, 6.45) is 6.52. The molecule has 0 saturated heterocycles. The summed E-state index contributed by atoms with van der Waals surface area (Å²) < 4.78 is 41.2. The van der Waals surface area contributed by atoms with Gasteiger partial charge in [0, 0.05) is 35.4 Å². The minimum atomic E-state index is -3.98. The number of hydrogen-bond donors (Lipinski definition) is 2. The molecule has 3 heterocycles. The summed E-state index contributed by atoms with van der Waals surface area (Å²) in [7, 11) is -3.98. The van der Waals surface area contributed by atoms with E-state index in [0.717, 1.165) is 39.6 Å². The van der Waals surface area contributed by atoms with Crippen LogP contribution < -0.4 is 14.2 Å². The number of nitrogens with zero attached hydrogens (tertiary/aromatic N) is 5. The smallest absolute Gasteiger partial charge is 0.263 e. The van der Waals surface area contributed by atoms with Crippen LogP contribution in [-0.4, -0.2) is 34.0 Å². The molecular formula is C27H21N7O3S3. The first-order valence-electron chi connectivity index (χ1n) is 11.7. The van der Waals surface area contributed by atoms with Crippen molar-refractivity contribution >= 4 is 38.6 Å². The van der Waals surface area contributed by atoms with Crippen molar-refractivity contribution in [3.05, 3.63) is 96.7 Å². The summed E-state index contributed by atoms with van der Waals surface area (Å²) in [5.41, 5.74) is 4.14. The fourth-order valence-electron chi connectivity index (χ4n) is 3.77. The zero-order valence-corrected chi connectivity index (χ0v) is 23.4. The lowest BCUT2D eigenvalue weighted by Gasteiger charge is -2.15. The second-order valence-corrected chi connectivity index (χ2v) is 11.4. The Morgan fingerprint density at radius 2 is 1.85 bits per heavy atom. The molecule has 0 amide bonds. The number of rotatable bonds is 10. The molecule has 0 bridgehead atoms. The summed E-state index contributed by atoms with van der Waals surface area (Å²) >= 11 is 2.41. The van der Waals surface area contributed by atoms with Gasteiger partial charge in [0.1, 0.15) is 18.1 Å². The first-order valence-corrected chi connectivity index (χ1v) is 15.2. The van der Waals surface area contributed by atoms with Gasteiger partial charge in [-0.2, -0.15) is 9.64 Å². The maximum Gasteiger partial charge on any atom is 0.263 e. The Balaban J connectivity index is 1.53. The molecule has 0 aliphatic rings. The van der Waals surface area contributed by atoms with E-state index in [-0.39, 0.29) is 21.3 Å². The van der Waals surface area contributed by atoms with Crippen molar-refractivity contribution in [1.82, 2.24) is 24.0 Å². The van der Waals surface area contributed by atoms with Gasteiger partial charge in [-0.25, -0.2) is 13.4 Å². The zero-order chi connectivity index (χ0) is 28.0. The summed E-state index contributed by atoms with van der Waals surface area (Å²) in [5, 5.41) is 9.97. The lowest BCUT2D eigenvalue weighted by Crippen LogP contribution is -2.13. The number of aromatic nitrogens is 4. The molecule has 0 aliphatic carbocycles. The van der Waals surface area contributed by atoms with E-state index in [9.17, 15) is 13.7 Å². The standard InChI is InChI=1S/C27H21N7O3S3/c1-38-32-15-21-11-19(9-10-29-21)23-13-24(18-5-3-2-4-6-18)30-16-26(23)37-25-8-7-22(12-20(25)14-28)40(35,36)34-27-31-17-33-39-27/h2-13,16-17,32H,15H2,1H3,(H,31,33,34). The second kappa shape index (κ2) is 12.2. The normalized spacial score (nSPS) is 11.1. The number of nitriles is 1. The molecule has 200 valence electrons. The van der Waals surface area contributed by atoms with E-state index in [2.05, 4.69) is 28.8 Å². The molecule has 0 radical (unpaired) electrons. The largest absolute Gasteiger partial charge is 0.454 e. The van der Waals surface area contributed by atoms with Crippen molar-refractivity contribution in [2.24, 2.45) is 0 Å². The van der Waals surface area contributed by atoms with Gasteiger partial charge in [0.2, 0.25) is 5.13 Å². The Bertz CT molecular complexity index is 1780. The molecular weight excluding hydrogens is 567 g/mol. The Morgan fingerprint density at radius 3 is 2.60 bits per heavy atom. The highest BCUT2D eigenvalue weighted by atomic mass is 32.2. The molecule has 0 fully saturated rings. The quantitative estimate of drug-likeness (QED) is 0.201. The molecule has 2 aromatic carbocycles. The maximum absolute atomic E-state index is 12.8. The Kier molecular flexibility index (Phi) is 8.32. The summed E-state index contributed by atoms with van der Waals surface area (Å²) in [6.45, 7) is 0.571. The fraction of sp³-hybridized carbons (Fsp3) is 0.0741. The van der Waals surface area contributed by atoms with Crippen LogP contribution in [0.4, 0.5) is 5.13 Å².